The van der Waals surface area contributed by atoms with Gasteiger partial charge in [0.1, 0.15) is 0 Å². The summed E-state index contributed by atoms with van der Waals surface area (Å²) in [4.78, 5) is 35.3. The molecular weight excluding hydrogens is 387 g/mol. The second-order valence-corrected chi connectivity index (χ2v) is 6.16. The Morgan fingerprint density at radius 3 is 2.31 bits per heavy atom. The molecule has 0 heterocycles. The topological polar surface area (TPSA) is 72.5 Å². The minimum absolute atomic E-state index is 0.158. The van der Waals surface area contributed by atoms with Gasteiger partial charge in [-0.1, -0.05) is 24.3 Å². The van der Waals surface area contributed by atoms with Crippen molar-refractivity contribution >= 4 is 29.4 Å². The van der Waals surface area contributed by atoms with Gasteiger partial charge in [0.15, 0.2) is 11.9 Å². The van der Waals surface area contributed by atoms with Crippen LogP contribution >= 0.6 is 0 Å². The molecule has 0 spiro atoms. The molecular formula is C21H18F3NO4. The van der Waals surface area contributed by atoms with E-state index in [0.29, 0.717) is 16.8 Å². The van der Waals surface area contributed by atoms with E-state index in [2.05, 4.69) is 5.32 Å². The van der Waals surface area contributed by atoms with E-state index < -0.39 is 29.7 Å². The van der Waals surface area contributed by atoms with Crippen LogP contribution in [0.4, 0.5) is 18.9 Å². The Morgan fingerprint density at radius 2 is 1.72 bits per heavy atom. The number of esters is 1. The van der Waals surface area contributed by atoms with Crippen molar-refractivity contribution in [2.45, 2.75) is 26.1 Å². The van der Waals surface area contributed by atoms with E-state index in [-0.39, 0.29) is 5.78 Å². The number of halogens is 3. The van der Waals surface area contributed by atoms with Gasteiger partial charge < -0.3 is 10.1 Å². The van der Waals surface area contributed by atoms with Crippen LogP contribution in [0.25, 0.3) is 6.08 Å². The summed E-state index contributed by atoms with van der Waals surface area (Å²) in [5.74, 6) is -1.58. The van der Waals surface area contributed by atoms with Crippen molar-refractivity contribution in [3.05, 3.63) is 71.3 Å². The van der Waals surface area contributed by atoms with Gasteiger partial charge in [-0.25, -0.2) is 4.79 Å². The zero-order valence-electron chi connectivity index (χ0n) is 15.6. The van der Waals surface area contributed by atoms with Crippen LogP contribution in [0.15, 0.2) is 54.6 Å². The number of amides is 1. The number of hydrogen-bond acceptors (Lipinski definition) is 4. The first-order valence-corrected chi connectivity index (χ1v) is 8.54. The fourth-order valence-corrected chi connectivity index (χ4v) is 2.27. The Labute approximate surface area is 165 Å². The van der Waals surface area contributed by atoms with Crippen molar-refractivity contribution in [1.29, 1.82) is 0 Å². The molecule has 0 aliphatic heterocycles. The van der Waals surface area contributed by atoms with Crippen molar-refractivity contribution in [3.8, 4) is 0 Å². The standard InChI is InChI=1S/C21H18F3NO4/c1-13(26)16-4-3-5-18(12-16)25-20(28)14(2)29-19(27)11-8-15-6-9-17(10-7-15)21(22,23)24/h3-12,14H,1-2H3,(H,25,28)/b11-8+/t14-/m1/s1. The Balaban J connectivity index is 1.92. The van der Waals surface area contributed by atoms with Crippen LogP contribution in [0.2, 0.25) is 0 Å². The summed E-state index contributed by atoms with van der Waals surface area (Å²) in [5, 5.41) is 2.54. The maximum atomic E-state index is 12.5. The van der Waals surface area contributed by atoms with Gasteiger partial charge in [-0.15, -0.1) is 0 Å². The SMILES string of the molecule is CC(=O)c1cccc(NC(=O)[C@@H](C)OC(=O)/C=C/c2ccc(C(F)(F)F)cc2)c1. The number of hydrogen-bond donors (Lipinski definition) is 1. The molecule has 29 heavy (non-hydrogen) atoms. The molecule has 0 saturated carbocycles. The summed E-state index contributed by atoms with van der Waals surface area (Å²) in [6.45, 7) is 2.77. The second kappa shape index (κ2) is 9.18. The predicted molar refractivity (Wildman–Crippen MR) is 101 cm³/mol. The Morgan fingerprint density at radius 1 is 1.07 bits per heavy atom. The fraction of sp³-hybridized carbons (Fsp3) is 0.190. The van der Waals surface area contributed by atoms with Crippen LogP contribution in [0.5, 0.6) is 0 Å². The van der Waals surface area contributed by atoms with Gasteiger partial charge in [-0.05, 0) is 49.8 Å². The van der Waals surface area contributed by atoms with E-state index in [1.807, 2.05) is 0 Å². The van der Waals surface area contributed by atoms with Gasteiger partial charge in [0.25, 0.3) is 5.91 Å². The van der Waals surface area contributed by atoms with Gasteiger partial charge in [0, 0.05) is 17.3 Å². The molecule has 0 aliphatic carbocycles. The van der Waals surface area contributed by atoms with Crippen molar-refractivity contribution in [2.75, 3.05) is 5.32 Å². The monoisotopic (exact) mass is 405 g/mol. The van der Waals surface area contributed by atoms with E-state index in [1.165, 1.54) is 38.1 Å². The first-order valence-electron chi connectivity index (χ1n) is 8.54. The highest BCUT2D eigenvalue weighted by Crippen LogP contribution is 2.29. The highest BCUT2D eigenvalue weighted by atomic mass is 19.4. The Kier molecular flexibility index (Phi) is 6.93. The summed E-state index contributed by atoms with van der Waals surface area (Å²) >= 11 is 0. The second-order valence-electron chi connectivity index (χ2n) is 6.16. The van der Waals surface area contributed by atoms with Gasteiger partial charge in [-0.2, -0.15) is 13.2 Å². The fourth-order valence-electron chi connectivity index (χ4n) is 2.27. The van der Waals surface area contributed by atoms with Crippen LogP contribution in [-0.4, -0.2) is 23.8 Å². The first-order chi connectivity index (χ1) is 13.6. The summed E-state index contributed by atoms with van der Waals surface area (Å²) in [5.41, 5.74) is 0.377. The highest BCUT2D eigenvalue weighted by molar-refractivity contribution is 5.99. The number of Topliss-reactive ketones (excluding diaryl/α,β-unsaturated/α-hetero) is 1. The molecule has 0 radical (unpaired) electrons. The number of benzene rings is 2. The van der Waals surface area contributed by atoms with Crippen molar-refractivity contribution in [1.82, 2.24) is 0 Å². The molecule has 2 rings (SSSR count). The molecule has 1 atom stereocenters. The molecule has 0 unspecified atom stereocenters. The summed E-state index contributed by atoms with van der Waals surface area (Å²) < 4.78 is 42.5. The molecule has 0 saturated heterocycles. The third-order valence-electron chi connectivity index (χ3n) is 3.85. The van der Waals surface area contributed by atoms with Crippen LogP contribution in [0.3, 0.4) is 0 Å². The molecule has 152 valence electrons. The van der Waals surface area contributed by atoms with Crippen LogP contribution in [0.1, 0.15) is 35.3 Å². The van der Waals surface area contributed by atoms with Crippen molar-refractivity contribution in [3.63, 3.8) is 0 Å². The lowest BCUT2D eigenvalue weighted by atomic mass is 10.1. The quantitative estimate of drug-likeness (QED) is 0.437. The van der Waals surface area contributed by atoms with E-state index in [0.717, 1.165) is 18.2 Å². The smallest absolute Gasteiger partial charge is 0.416 e. The zero-order valence-corrected chi connectivity index (χ0v) is 15.6. The number of ether oxygens (including phenoxy) is 1. The van der Waals surface area contributed by atoms with Crippen molar-refractivity contribution < 1.29 is 32.3 Å². The molecule has 0 fully saturated rings. The van der Waals surface area contributed by atoms with Gasteiger partial charge in [-0.3, -0.25) is 9.59 Å². The Hall–Kier alpha value is -3.42. The molecule has 0 aromatic heterocycles. The van der Waals surface area contributed by atoms with Gasteiger partial charge in [0.05, 0.1) is 5.56 Å². The predicted octanol–water partition coefficient (Wildman–Crippen LogP) is 4.49. The molecule has 2 aromatic rings. The molecule has 0 aliphatic rings. The summed E-state index contributed by atoms with van der Waals surface area (Å²) in [6, 6.07) is 10.5. The van der Waals surface area contributed by atoms with E-state index in [4.69, 9.17) is 4.74 Å². The first kappa shape index (κ1) is 21.9. The number of rotatable bonds is 6. The van der Waals surface area contributed by atoms with Gasteiger partial charge >= 0.3 is 12.1 Å². The minimum atomic E-state index is -4.44. The lowest BCUT2D eigenvalue weighted by Gasteiger charge is -2.12. The van der Waals surface area contributed by atoms with E-state index in [9.17, 15) is 27.6 Å². The summed E-state index contributed by atoms with van der Waals surface area (Å²) in [6.07, 6.45) is -3.26. The zero-order chi connectivity index (χ0) is 21.6. The average molecular weight is 405 g/mol. The maximum absolute atomic E-state index is 12.5. The van der Waals surface area contributed by atoms with Crippen LogP contribution in [-0.2, 0) is 20.5 Å². The normalized spacial score (nSPS) is 12.4. The molecule has 1 amide bonds. The number of nitrogens with one attached hydrogen (secondary N) is 1. The largest absolute Gasteiger partial charge is 0.449 e. The Bertz CT molecular complexity index is 934. The molecule has 0 bridgehead atoms. The molecule has 1 N–H and O–H groups in total. The van der Waals surface area contributed by atoms with Crippen molar-refractivity contribution in [2.24, 2.45) is 0 Å². The van der Waals surface area contributed by atoms with Crippen LogP contribution < -0.4 is 5.32 Å². The third kappa shape index (κ3) is 6.60. The molecule has 5 nitrogen and oxygen atoms in total. The van der Waals surface area contributed by atoms with E-state index in [1.54, 1.807) is 18.2 Å². The molecule has 2 aromatic carbocycles. The number of anilines is 1. The number of carbonyl (C=O) groups is 3. The average Bonchev–Trinajstić information content (AvgIpc) is 2.66. The van der Waals surface area contributed by atoms with Crippen LogP contribution in [0, 0.1) is 0 Å². The number of ketones is 1. The molecule has 8 heteroatoms. The van der Waals surface area contributed by atoms with Gasteiger partial charge in [0.2, 0.25) is 0 Å². The maximum Gasteiger partial charge on any atom is 0.416 e. The van der Waals surface area contributed by atoms with E-state index >= 15 is 0 Å². The summed E-state index contributed by atoms with van der Waals surface area (Å²) in [7, 11) is 0. The number of alkyl halides is 3. The highest BCUT2D eigenvalue weighted by Gasteiger charge is 2.29. The lowest BCUT2D eigenvalue weighted by molar-refractivity contribution is -0.148. The minimum Gasteiger partial charge on any atom is -0.449 e. The number of carbonyl (C=O) groups excluding carboxylic acids is 3. The lowest BCUT2D eigenvalue weighted by Crippen LogP contribution is -2.29. The third-order valence-corrected chi connectivity index (χ3v) is 3.85.